The zero-order valence-corrected chi connectivity index (χ0v) is 15.3. The fourth-order valence-corrected chi connectivity index (χ4v) is 3.84. The van der Waals surface area contributed by atoms with E-state index in [1.165, 1.54) is 24.1 Å². The second-order valence-electron chi connectivity index (χ2n) is 7.06. The minimum atomic E-state index is 0.219. The third-order valence-corrected chi connectivity index (χ3v) is 5.51. The van der Waals surface area contributed by atoms with Crippen molar-refractivity contribution in [2.75, 3.05) is 6.54 Å². The van der Waals surface area contributed by atoms with Gasteiger partial charge in [-0.2, -0.15) is 0 Å². The van der Waals surface area contributed by atoms with Crippen LogP contribution >= 0.6 is 0 Å². The summed E-state index contributed by atoms with van der Waals surface area (Å²) in [4.78, 5) is 4.94. The lowest BCUT2D eigenvalue weighted by molar-refractivity contribution is 0.298. The van der Waals surface area contributed by atoms with Gasteiger partial charge in [0.25, 0.3) is 0 Å². The van der Waals surface area contributed by atoms with Crippen molar-refractivity contribution in [1.29, 1.82) is 0 Å². The van der Waals surface area contributed by atoms with Crippen molar-refractivity contribution in [2.45, 2.75) is 59.4 Å². The largest absolute Gasteiger partial charge is 0.327 e. The van der Waals surface area contributed by atoms with Crippen LogP contribution in [0, 0.1) is 23.7 Å². The van der Waals surface area contributed by atoms with Gasteiger partial charge in [-0.05, 0) is 56.4 Å². The van der Waals surface area contributed by atoms with E-state index in [9.17, 15) is 0 Å². The van der Waals surface area contributed by atoms with Gasteiger partial charge in [-0.15, -0.1) is 0 Å². The molecular weight excluding hydrogens is 280 g/mol. The molecule has 2 N–H and O–H groups in total. The predicted molar refractivity (Wildman–Crippen MR) is 102 cm³/mol. The molecule has 0 bridgehead atoms. The first-order chi connectivity index (χ1) is 11.1. The van der Waals surface area contributed by atoms with E-state index in [2.05, 4.69) is 58.1 Å². The summed E-state index contributed by atoms with van der Waals surface area (Å²) in [6, 6.07) is 0.219. The van der Waals surface area contributed by atoms with Crippen LogP contribution in [0.25, 0.3) is 0 Å². The van der Waals surface area contributed by atoms with E-state index < -0.39 is 0 Å². The maximum absolute atomic E-state index is 6.69. The molecule has 4 atom stereocenters. The Morgan fingerprint density at radius 1 is 1.26 bits per heavy atom. The summed E-state index contributed by atoms with van der Waals surface area (Å²) in [5, 5.41) is 0. The standard InChI is InChI=1S/C21H34N2/c1-5-16-11-9-8-10-12-19(15(4)20(16)22)21(23-7-3)18(6-2)17-13-14-17/h6,8-10,12,15-17,19-20H,5,7,11,13-14,22H2,1-4H3/b9-8-,12-10-,18-6+,23-21?. The Morgan fingerprint density at radius 2 is 2.00 bits per heavy atom. The van der Waals surface area contributed by atoms with E-state index in [0.717, 1.165) is 25.3 Å². The van der Waals surface area contributed by atoms with Gasteiger partial charge in [-0.25, -0.2) is 0 Å². The molecule has 2 rings (SSSR count). The second kappa shape index (κ2) is 8.63. The molecule has 2 heteroatoms. The highest BCUT2D eigenvalue weighted by molar-refractivity contribution is 6.03. The van der Waals surface area contributed by atoms with Crippen LogP contribution < -0.4 is 5.73 Å². The molecule has 1 saturated carbocycles. The number of aliphatic imine (C=N–C) groups is 1. The van der Waals surface area contributed by atoms with E-state index in [-0.39, 0.29) is 6.04 Å². The molecule has 4 unspecified atom stereocenters. The van der Waals surface area contributed by atoms with Gasteiger partial charge < -0.3 is 5.73 Å². The first kappa shape index (κ1) is 18.2. The Balaban J connectivity index is 2.36. The minimum Gasteiger partial charge on any atom is -0.327 e. The molecule has 1 fully saturated rings. The van der Waals surface area contributed by atoms with E-state index in [1.807, 2.05) is 0 Å². The molecular formula is C21H34N2. The summed E-state index contributed by atoms with van der Waals surface area (Å²) in [5.41, 5.74) is 9.45. The zero-order valence-electron chi connectivity index (χ0n) is 15.3. The Kier molecular flexibility index (Phi) is 6.83. The number of hydrogen-bond acceptors (Lipinski definition) is 2. The molecule has 23 heavy (non-hydrogen) atoms. The summed E-state index contributed by atoms with van der Waals surface area (Å²) in [5.74, 6) is 2.03. The van der Waals surface area contributed by atoms with E-state index >= 15 is 0 Å². The third-order valence-electron chi connectivity index (χ3n) is 5.51. The van der Waals surface area contributed by atoms with Crippen LogP contribution in [0.1, 0.15) is 53.4 Å². The lowest BCUT2D eigenvalue weighted by atomic mass is 9.75. The van der Waals surface area contributed by atoms with Crippen LogP contribution in [-0.2, 0) is 0 Å². The van der Waals surface area contributed by atoms with Crippen molar-refractivity contribution in [3.05, 3.63) is 36.0 Å². The first-order valence-electron chi connectivity index (χ1n) is 9.43. The van der Waals surface area contributed by atoms with Crippen LogP contribution in [0.2, 0.25) is 0 Å². The smallest absolute Gasteiger partial charge is 0.0451 e. The highest BCUT2D eigenvalue weighted by Crippen LogP contribution is 2.40. The van der Waals surface area contributed by atoms with Crippen molar-refractivity contribution in [1.82, 2.24) is 0 Å². The van der Waals surface area contributed by atoms with Gasteiger partial charge >= 0.3 is 0 Å². The van der Waals surface area contributed by atoms with Crippen molar-refractivity contribution in [3.63, 3.8) is 0 Å². The fourth-order valence-electron chi connectivity index (χ4n) is 3.84. The Hall–Kier alpha value is -1.15. The molecule has 0 aliphatic heterocycles. The molecule has 0 spiro atoms. The summed E-state index contributed by atoms with van der Waals surface area (Å²) in [6.45, 7) is 9.72. The van der Waals surface area contributed by atoms with Crippen molar-refractivity contribution >= 4 is 5.71 Å². The van der Waals surface area contributed by atoms with Crippen molar-refractivity contribution in [2.24, 2.45) is 34.4 Å². The van der Waals surface area contributed by atoms with Gasteiger partial charge in [-0.1, -0.05) is 50.6 Å². The monoisotopic (exact) mass is 314 g/mol. The molecule has 0 amide bonds. The lowest BCUT2D eigenvalue weighted by Gasteiger charge is -2.33. The number of nitrogens with zero attached hydrogens (tertiary/aromatic N) is 1. The van der Waals surface area contributed by atoms with Crippen molar-refractivity contribution in [3.8, 4) is 0 Å². The number of hydrogen-bond donors (Lipinski definition) is 1. The highest BCUT2D eigenvalue weighted by Gasteiger charge is 2.35. The van der Waals surface area contributed by atoms with Gasteiger partial charge in [0.1, 0.15) is 0 Å². The number of nitrogens with two attached hydrogens (primary N) is 1. The molecule has 128 valence electrons. The molecule has 2 aliphatic rings. The van der Waals surface area contributed by atoms with E-state index in [1.54, 1.807) is 0 Å². The molecule has 0 heterocycles. The van der Waals surface area contributed by atoms with E-state index in [0.29, 0.717) is 17.8 Å². The van der Waals surface area contributed by atoms with Crippen LogP contribution in [-0.4, -0.2) is 18.3 Å². The second-order valence-corrected chi connectivity index (χ2v) is 7.06. The third kappa shape index (κ3) is 4.44. The average molecular weight is 315 g/mol. The molecule has 2 aliphatic carbocycles. The van der Waals surface area contributed by atoms with Gasteiger partial charge in [0.2, 0.25) is 0 Å². The summed E-state index contributed by atoms with van der Waals surface area (Å²) in [7, 11) is 0. The summed E-state index contributed by atoms with van der Waals surface area (Å²) >= 11 is 0. The van der Waals surface area contributed by atoms with Crippen LogP contribution in [0.4, 0.5) is 0 Å². The van der Waals surface area contributed by atoms with Gasteiger partial charge in [0.05, 0.1) is 0 Å². The summed E-state index contributed by atoms with van der Waals surface area (Å²) < 4.78 is 0. The molecule has 0 aromatic carbocycles. The SMILES string of the molecule is C/C=C(/C(=NCC)C1/C=C\C=C/CC(CC)C(N)C1C)C1CC1. The van der Waals surface area contributed by atoms with Gasteiger partial charge in [-0.3, -0.25) is 4.99 Å². The normalized spacial score (nSPS) is 36.0. The highest BCUT2D eigenvalue weighted by atomic mass is 14.8. The van der Waals surface area contributed by atoms with Gasteiger partial charge in [0.15, 0.2) is 0 Å². The molecule has 2 nitrogen and oxygen atoms in total. The van der Waals surface area contributed by atoms with Crippen LogP contribution in [0.15, 0.2) is 40.9 Å². The minimum absolute atomic E-state index is 0.219. The van der Waals surface area contributed by atoms with Crippen LogP contribution in [0.5, 0.6) is 0 Å². The predicted octanol–water partition coefficient (Wildman–Crippen LogP) is 4.93. The lowest BCUT2D eigenvalue weighted by Crippen LogP contribution is -2.41. The Morgan fingerprint density at radius 3 is 2.57 bits per heavy atom. The Labute approximate surface area is 142 Å². The number of rotatable bonds is 5. The Bertz CT molecular complexity index is 494. The topological polar surface area (TPSA) is 38.4 Å². The molecule has 0 aromatic rings. The quantitative estimate of drug-likeness (QED) is 0.718. The van der Waals surface area contributed by atoms with Gasteiger partial charge in [0, 0.05) is 24.2 Å². The summed E-state index contributed by atoms with van der Waals surface area (Å²) in [6.07, 6.45) is 16.1. The van der Waals surface area contributed by atoms with Crippen LogP contribution in [0.3, 0.4) is 0 Å². The number of allylic oxidation sites excluding steroid dienone is 6. The molecule has 0 radical (unpaired) electrons. The maximum atomic E-state index is 6.69. The fraction of sp³-hybridized carbons (Fsp3) is 0.667. The first-order valence-corrected chi connectivity index (χ1v) is 9.43. The molecule has 0 saturated heterocycles. The average Bonchev–Trinajstić information content (AvgIpc) is 3.37. The molecule has 0 aromatic heterocycles. The van der Waals surface area contributed by atoms with E-state index in [4.69, 9.17) is 10.7 Å². The van der Waals surface area contributed by atoms with Crippen molar-refractivity contribution < 1.29 is 0 Å². The zero-order chi connectivity index (χ0) is 16.8. The maximum Gasteiger partial charge on any atom is 0.0451 e.